The van der Waals surface area contributed by atoms with E-state index in [1.165, 1.54) is 17.3 Å². The van der Waals surface area contributed by atoms with E-state index in [0.717, 1.165) is 10.9 Å². The predicted octanol–water partition coefficient (Wildman–Crippen LogP) is 3.40. The number of nitro groups is 1. The Balaban J connectivity index is 1.58. The fourth-order valence-corrected chi connectivity index (χ4v) is 3.61. The number of nitrogens with one attached hydrogen (secondary N) is 1. The zero-order valence-electron chi connectivity index (χ0n) is 16.5. The number of para-hydroxylation sites is 2. The van der Waals surface area contributed by atoms with Gasteiger partial charge in [-0.25, -0.2) is 9.99 Å². The van der Waals surface area contributed by atoms with Crippen molar-refractivity contribution in [2.24, 2.45) is 0 Å². The van der Waals surface area contributed by atoms with Crippen molar-refractivity contribution in [3.05, 3.63) is 100 Å². The zero-order chi connectivity index (χ0) is 22.2. The van der Waals surface area contributed by atoms with Crippen LogP contribution in [-0.4, -0.2) is 26.3 Å². The van der Waals surface area contributed by atoms with E-state index in [1.54, 1.807) is 47.2 Å². The Bertz CT molecular complexity index is 1410. The van der Waals surface area contributed by atoms with Gasteiger partial charge in [-0.15, -0.1) is 0 Å². The van der Waals surface area contributed by atoms with Gasteiger partial charge in [-0.2, -0.15) is 0 Å². The molecule has 2 aromatic carbocycles. The van der Waals surface area contributed by atoms with Crippen molar-refractivity contribution < 1.29 is 14.5 Å². The number of benzene rings is 2. The van der Waals surface area contributed by atoms with Crippen LogP contribution in [0.3, 0.4) is 0 Å². The van der Waals surface area contributed by atoms with Crippen LogP contribution in [0, 0.1) is 10.1 Å². The number of nitrogens with zero attached hydrogens (tertiary/aromatic N) is 4. The molecule has 156 valence electrons. The van der Waals surface area contributed by atoms with Crippen LogP contribution in [0.1, 0.15) is 5.56 Å². The van der Waals surface area contributed by atoms with Gasteiger partial charge in [-0.3, -0.25) is 25.1 Å². The molecule has 0 radical (unpaired) electrons. The summed E-state index contributed by atoms with van der Waals surface area (Å²) < 4.78 is 1.76. The van der Waals surface area contributed by atoms with Crippen LogP contribution in [0.25, 0.3) is 22.8 Å². The maximum absolute atomic E-state index is 12.9. The van der Waals surface area contributed by atoms with E-state index in [9.17, 15) is 19.7 Å². The van der Waals surface area contributed by atoms with Crippen molar-refractivity contribution in [2.75, 3.05) is 5.01 Å². The molecule has 2 aromatic heterocycles. The maximum atomic E-state index is 12.9. The Labute approximate surface area is 181 Å². The van der Waals surface area contributed by atoms with E-state index < -0.39 is 16.7 Å². The SMILES string of the molecule is O=C1NN(c2ccccc2)C(=O)/C1=C\c1cn(-c2ccc([N+](=O)[O-])cn2)c2ccccc12. The van der Waals surface area contributed by atoms with Crippen LogP contribution in [0.15, 0.2) is 84.7 Å². The van der Waals surface area contributed by atoms with Crippen molar-refractivity contribution in [3.8, 4) is 5.82 Å². The number of anilines is 1. The van der Waals surface area contributed by atoms with Gasteiger partial charge >= 0.3 is 0 Å². The monoisotopic (exact) mass is 425 g/mol. The van der Waals surface area contributed by atoms with E-state index in [1.807, 2.05) is 30.3 Å². The molecular weight excluding hydrogens is 410 g/mol. The Kier molecular flexibility index (Phi) is 4.48. The van der Waals surface area contributed by atoms with Gasteiger partial charge in [0, 0.05) is 23.2 Å². The molecule has 0 aliphatic carbocycles. The first-order valence-electron chi connectivity index (χ1n) is 9.66. The van der Waals surface area contributed by atoms with Crippen LogP contribution < -0.4 is 10.4 Å². The van der Waals surface area contributed by atoms with E-state index in [0.29, 0.717) is 17.1 Å². The summed E-state index contributed by atoms with van der Waals surface area (Å²) in [7, 11) is 0. The molecule has 9 heteroatoms. The minimum atomic E-state index is -0.511. The van der Waals surface area contributed by atoms with Crippen LogP contribution in [0.2, 0.25) is 0 Å². The van der Waals surface area contributed by atoms with Gasteiger partial charge < -0.3 is 4.57 Å². The number of rotatable bonds is 4. The second-order valence-corrected chi connectivity index (χ2v) is 7.08. The lowest BCUT2D eigenvalue weighted by Gasteiger charge is -2.13. The first-order valence-corrected chi connectivity index (χ1v) is 9.66. The molecule has 2 amide bonds. The normalized spacial score (nSPS) is 14.9. The van der Waals surface area contributed by atoms with Crippen molar-refractivity contribution in [2.45, 2.75) is 0 Å². The van der Waals surface area contributed by atoms with Gasteiger partial charge in [0.25, 0.3) is 17.5 Å². The second-order valence-electron chi connectivity index (χ2n) is 7.08. The molecule has 32 heavy (non-hydrogen) atoms. The number of hydrogen-bond donors (Lipinski definition) is 1. The van der Waals surface area contributed by atoms with Crippen LogP contribution >= 0.6 is 0 Å². The summed E-state index contributed by atoms with van der Waals surface area (Å²) in [6, 6.07) is 19.2. The molecule has 1 N–H and O–H groups in total. The highest BCUT2D eigenvalue weighted by Crippen LogP contribution is 2.28. The smallest absolute Gasteiger partial charge is 0.287 e. The van der Waals surface area contributed by atoms with Crippen molar-refractivity contribution >= 4 is 40.2 Å². The van der Waals surface area contributed by atoms with Crippen LogP contribution in [0.5, 0.6) is 0 Å². The molecular formula is C23H15N5O4. The second kappa shape index (κ2) is 7.47. The number of hydrazine groups is 1. The number of aromatic nitrogens is 2. The molecule has 0 atom stereocenters. The summed E-state index contributed by atoms with van der Waals surface area (Å²) in [6.45, 7) is 0. The van der Waals surface area contributed by atoms with Gasteiger partial charge in [0.1, 0.15) is 17.6 Å². The minimum absolute atomic E-state index is 0.00779. The molecule has 1 saturated heterocycles. The highest BCUT2D eigenvalue weighted by atomic mass is 16.6. The Morgan fingerprint density at radius 1 is 0.969 bits per heavy atom. The predicted molar refractivity (Wildman–Crippen MR) is 118 cm³/mol. The van der Waals surface area contributed by atoms with Gasteiger partial charge in [0.15, 0.2) is 0 Å². The minimum Gasteiger partial charge on any atom is -0.301 e. The molecule has 0 bridgehead atoms. The lowest BCUT2D eigenvalue weighted by molar-refractivity contribution is -0.385. The molecule has 0 saturated carbocycles. The molecule has 1 aliphatic rings. The summed E-state index contributed by atoms with van der Waals surface area (Å²) in [6.07, 6.45) is 4.48. The number of fused-ring (bicyclic) bond motifs is 1. The van der Waals surface area contributed by atoms with Gasteiger partial charge in [0.2, 0.25) is 0 Å². The third-order valence-electron chi connectivity index (χ3n) is 5.14. The molecule has 0 unspecified atom stereocenters. The Morgan fingerprint density at radius 3 is 2.44 bits per heavy atom. The van der Waals surface area contributed by atoms with Gasteiger partial charge in [0.05, 0.1) is 16.1 Å². The standard InChI is InChI=1S/C23H15N5O4/c29-22-19(23(30)27(25-22)16-6-2-1-3-7-16)12-15-14-26(20-9-5-4-8-18(15)20)21-11-10-17(13-24-21)28(31)32/h1-14H,(H,25,29)/b19-12-. The molecule has 1 fully saturated rings. The third kappa shape index (κ3) is 3.18. The largest absolute Gasteiger partial charge is 0.301 e. The molecule has 1 aliphatic heterocycles. The summed E-state index contributed by atoms with van der Waals surface area (Å²) in [5.41, 5.74) is 4.48. The Hall–Kier alpha value is -4.79. The first-order chi connectivity index (χ1) is 15.5. The zero-order valence-corrected chi connectivity index (χ0v) is 16.5. The van der Waals surface area contributed by atoms with Crippen molar-refractivity contribution in [1.82, 2.24) is 15.0 Å². The third-order valence-corrected chi connectivity index (χ3v) is 5.14. The van der Waals surface area contributed by atoms with E-state index >= 15 is 0 Å². The summed E-state index contributed by atoms with van der Waals surface area (Å²) in [5, 5.41) is 12.9. The van der Waals surface area contributed by atoms with Gasteiger partial charge in [-0.05, 0) is 30.3 Å². The summed E-state index contributed by atoms with van der Waals surface area (Å²) >= 11 is 0. The number of amides is 2. The topological polar surface area (TPSA) is 110 Å². The molecule has 3 heterocycles. The van der Waals surface area contributed by atoms with Crippen molar-refractivity contribution in [1.29, 1.82) is 0 Å². The van der Waals surface area contributed by atoms with E-state index in [4.69, 9.17) is 0 Å². The average molecular weight is 425 g/mol. The van der Waals surface area contributed by atoms with Crippen LogP contribution in [0.4, 0.5) is 11.4 Å². The summed E-state index contributed by atoms with van der Waals surface area (Å²) in [5.74, 6) is -0.472. The Morgan fingerprint density at radius 2 is 1.72 bits per heavy atom. The maximum Gasteiger partial charge on any atom is 0.287 e. The fourth-order valence-electron chi connectivity index (χ4n) is 3.61. The fraction of sp³-hybridized carbons (Fsp3) is 0. The number of hydrogen-bond acceptors (Lipinski definition) is 5. The molecule has 9 nitrogen and oxygen atoms in total. The first kappa shape index (κ1) is 19.2. The average Bonchev–Trinajstić information content (AvgIpc) is 3.32. The lowest BCUT2D eigenvalue weighted by Crippen LogP contribution is -2.35. The van der Waals surface area contributed by atoms with Crippen LogP contribution in [-0.2, 0) is 9.59 Å². The van der Waals surface area contributed by atoms with E-state index in [2.05, 4.69) is 10.4 Å². The highest BCUT2D eigenvalue weighted by molar-refractivity contribution is 6.32. The number of carbonyl (C=O) groups excluding carboxylic acids is 2. The number of pyridine rings is 1. The van der Waals surface area contributed by atoms with E-state index in [-0.39, 0.29) is 11.3 Å². The number of carbonyl (C=O) groups is 2. The quantitative estimate of drug-likeness (QED) is 0.233. The molecule has 0 spiro atoms. The molecule has 5 rings (SSSR count). The highest BCUT2D eigenvalue weighted by Gasteiger charge is 2.34. The lowest BCUT2D eigenvalue weighted by atomic mass is 10.1. The van der Waals surface area contributed by atoms with Gasteiger partial charge in [-0.1, -0.05) is 36.4 Å². The van der Waals surface area contributed by atoms with Crippen molar-refractivity contribution in [3.63, 3.8) is 0 Å². The summed E-state index contributed by atoms with van der Waals surface area (Å²) in [4.78, 5) is 40.1. The molecule has 4 aromatic rings.